The van der Waals surface area contributed by atoms with E-state index in [-0.39, 0.29) is 17.6 Å². The van der Waals surface area contributed by atoms with Crippen molar-refractivity contribution in [1.82, 2.24) is 20.3 Å². The number of rotatable bonds is 5. The average molecular weight is 446 g/mol. The maximum atomic E-state index is 12.8. The Labute approximate surface area is 176 Å². The SMILES string of the molecule is O=C(NCc1cccc(C(F)(F)F)c1)c1ccc(-c2cnc3[nH]cc(C(=O)O)c3n2)s1. The molecular formula is C20H13F3N4O3S. The van der Waals surface area contributed by atoms with Crippen LogP contribution in [0.25, 0.3) is 21.7 Å². The fraction of sp³-hybridized carbons (Fsp3) is 0.100. The van der Waals surface area contributed by atoms with E-state index in [4.69, 9.17) is 0 Å². The van der Waals surface area contributed by atoms with E-state index in [2.05, 4.69) is 20.3 Å². The molecule has 0 bridgehead atoms. The number of aromatic amines is 1. The first-order valence-electron chi connectivity index (χ1n) is 8.84. The molecule has 0 spiro atoms. The Hall–Kier alpha value is -3.73. The highest BCUT2D eigenvalue weighted by atomic mass is 32.1. The topological polar surface area (TPSA) is 108 Å². The highest BCUT2D eigenvalue weighted by molar-refractivity contribution is 7.17. The van der Waals surface area contributed by atoms with Crippen LogP contribution in [-0.2, 0) is 12.7 Å². The Morgan fingerprint density at radius 3 is 2.74 bits per heavy atom. The predicted octanol–water partition coefficient (Wildman–Crippen LogP) is 4.33. The molecule has 3 N–H and O–H groups in total. The zero-order valence-electron chi connectivity index (χ0n) is 15.5. The molecule has 0 saturated carbocycles. The van der Waals surface area contributed by atoms with Crippen molar-refractivity contribution >= 4 is 34.4 Å². The van der Waals surface area contributed by atoms with Crippen molar-refractivity contribution in [1.29, 1.82) is 0 Å². The number of hydrogen-bond acceptors (Lipinski definition) is 5. The second-order valence-electron chi connectivity index (χ2n) is 6.50. The molecule has 0 radical (unpaired) electrons. The molecule has 0 atom stereocenters. The third kappa shape index (κ3) is 4.26. The first-order chi connectivity index (χ1) is 14.7. The number of halogens is 3. The van der Waals surface area contributed by atoms with Crippen LogP contribution in [0, 0.1) is 0 Å². The summed E-state index contributed by atoms with van der Waals surface area (Å²) in [6, 6.07) is 7.94. The number of carboxylic acid groups (broad SMARTS) is 1. The molecule has 3 heterocycles. The molecule has 4 rings (SSSR count). The summed E-state index contributed by atoms with van der Waals surface area (Å²) in [4.78, 5) is 35.8. The predicted molar refractivity (Wildman–Crippen MR) is 107 cm³/mol. The lowest BCUT2D eigenvalue weighted by Crippen LogP contribution is -2.22. The van der Waals surface area contributed by atoms with E-state index in [9.17, 15) is 27.9 Å². The van der Waals surface area contributed by atoms with Crippen LogP contribution < -0.4 is 5.32 Å². The Bertz CT molecular complexity index is 1300. The summed E-state index contributed by atoms with van der Waals surface area (Å²) in [5, 5.41) is 11.8. The van der Waals surface area contributed by atoms with Crippen LogP contribution in [0.1, 0.15) is 31.2 Å². The lowest BCUT2D eigenvalue weighted by molar-refractivity contribution is -0.137. The zero-order chi connectivity index (χ0) is 22.2. The quantitative estimate of drug-likeness (QED) is 0.423. The molecule has 7 nitrogen and oxygen atoms in total. The molecule has 3 aromatic heterocycles. The van der Waals surface area contributed by atoms with E-state index in [1.54, 1.807) is 12.1 Å². The Kier molecular flexibility index (Phi) is 5.19. The van der Waals surface area contributed by atoms with Crippen molar-refractivity contribution in [3.8, 4) is 10.6 Å². The van der Waals surface area contributed by atoms with Gasteiger partial charge in [-0.3, -0.25) is 4.79 Å². The number of carboxylic acids is 1. The van der Waals surface area contributed by atoms with Crippen molar-refractivity contribution in [2.45, 2.75) is 12.7 Å². The lowest BCUT2D eigenvalue weighted by atomic mass is 10.1. The summed E-state index contributed by atoms with van der Waals surface area (Å²) in [7, 11) is 0. The molecule has 1 aromatic carbocycles. The number of amides is 1. The second-order valence-corrected chi connectivity index (χ2v) is 7.59. The van der Waals surface area contributed by atoms with Crippen molar-refractivity contribution in [3.05, 3.63) is 70.4 Å². The highest BCUT2D eigenvalue weighted by Crippen LogP contribution is 2.30. The zero-order valence-corrected chi connectivity index (χ0v) is 16.3. The van der Waals surface area contributed by atoms with Crippen LogP contribution >= 0.6 is 11.3 Å². The molecule has 11 heteroatoms. The number of nitrogens with zero attached hydrogens (tertiary/aromatic N) is 2. The first kappa shape index (κ1) is 20.5. The Morgan fingerprint density at radius 1 is 1.19 bits per heavy atom. The van der Waals surface area contributed by atoms with Gasteiger partial charge in [-0.2, -0.15) is 13.2 Å². The van der Waals surface area contributed by atoms with E-state index < -0.39 is 23.6 Å². The molecule has 158 valence electrons. The summed E-state index contributed by atoms with van der Waals surface area (Å²) in [5.41, 5.74) is 0.462. The number of nitrogens with one attached hydrogen (secondary N) is 2. The third-order valence-corrected chi connectivity index (χ3v) is 5.51. The molecule has 4 aromatic rings. The number of hydrogen-bond donors (Lipinski definition) is 3. The van der Waals surface area contributed by atoms with Gasteiger partial charge < -0.3 is 15.4 Å². The van der Waals surface area contributed by atoms with Gasteiger partial charge in [-0.15, -0.1) is 11.3 Å². The summed E-state index contributed by atoms with van der Waals surface area (Å²) < 4.78 is 38.4. The summed E-state index contributed by atoms with van der Waals surface area (Å²) >= 11 is 1.11. The van der Waals surface area contributed by atoms with Gasteiger partial charge in [0.05, 0.1) is 27.2 Å². The molecule has 0 fully saturated rings. The molecular weight excluding hydrogens is 433 g/mol. The van der Waals surface area contributed by atoms with Gasteiger partial charge in [0.2, 0.25) is 0 Å². The van der Waals surface area contributed by atoms with Gasteiger partial charge in [0.15, 0.2) is 5.65 Å². The summed E-state index contributed by atoms with van der Waals surface area (Å²) in [6.07, 6.45) is -1.69. The van der Waals surface area contributed by atoms with Gasteiger partial charge in [-0.25, -0.2) is 14.8 Å². The number of thiophene rings is 1. The minimum Gasteiger partial charge on any atom is -0.478 e. The summed E-state index contributed by atoms with van der Waals surface area (Å²) in [5.74, 6) is -1.59. The molecule has 0 aliphatic carbocycles. The minimum atomic E-state index is -4.45. The van der Waals surface area contributed by atoms with E-state index in [0.717, 1.165) is 23.5 Å². The van der Waals surface area contributed by atoms with Gasteiger partial charge in [0.25, 0.3) is 5.91 Å². The molecule has 1 amide bonds. The second kappa shape index (κ2) is 7.84. The van der Waals surface area contributed by atoms with Crippen molar-refractivity contribution in [2.24, 2.45) is 0 Å². The maximum Gasteiger partial charge on any atom is 0.416 e. The average Bonchev–Trinajstić information content (AvgIpc) is 3.38. The largest absolute Gasteiger partial charge is 0.478 e. The minimum absolute atomic E-state index is 0.0139. The molecule has 0 aliphatic heterocycles. The number of aromatic nitrogens is 3. The fourth-order valence-electron chi connectivity index (χ4n) is 2.90. The van der Waals surface area contributed by atoms with Gasteiger partial charge in [-0.05, 0) is 29.8 Å². The van der Waals surface area contributed by atoms with Gasteiger partial charge in [0.1, 0.15) is 11.1 Å². The van der Waals surface area contributed by atoms with Crippen molar-refractivity contribution in [2.75, 3.05) is 0 Å². The smallest absolute Gasteiger partial charge is 0.416 e. The van der Waals surface area contributed by atoms with Gasteiger partial charge >= 0.3 is 12.1 Å². The molecule has 0 unspecified atom stereocenters. The standard InChI is InChI=1S/C20H13F3N4O3S/c21-20(22,23)11-3-1-2-10(6-11)7-26-18(28)15-5-4-14(31-15)13-9-25-17-16(27-13)12(8-24-17)19(29)30/h1-6,8-9H,7H2,(H,24,25)(H,26,28)(H,29,30). The Morgan fingerprint density at radius 2 is 2.00 bits per heavy atom. The normalized spacial score (nSPS) is 11.6. The van der Waals surface area contributed by atoms with E-state index in [0.29, 0.717) is 26.7 Å². The van der Waals surface area contributed by atoms with E-state index >= 15 is 0 Å². The Balaban J connectivity index is 1.50. The molecule has 31 heavy (non-hydrogen) atoms. The first-order valence-corrected chi connectivity index (χ1v) is 9.66. The van der Waals surface area contributed by atoms with Crippen LogP contribution in [0.15, 0.2) is 48.8 Å². The number of benzene rings is 1. The van der Waals surface area contributed by atoms with Crippen molar-refractivity contribution < 1.29 is 27.9 Å². The number of aromatic carboxylic acids is 1. The highest BCUT2D eigenvalue weighted by Gasteiger charge is 2.30. The molecule has 0 aliphatic rings. The summed E-state index contributed by atoms with van der Waals surface area (Å²) in [6.45, 7) is -0.0624. The fourth-order valence-corrected chi connectivity index (χ4v) is 3.77. The van der Waals surface area contributed by atoms with Gasteiger partial charge in [0, 0.05) is 12.7 Å². The number of fused-ring (bicyclic) bond motifs is 1. The van der Waals surface area contributed by atoms with Crippen LogP contribution in [0.2, 0.25) is 0 Å². The third-order valence-electron chi connectivity index (χ3n) is 4.40. The van der Waals surface area contributed by atoms with Crippen LogP contribution in [0.3, 0.4) is 0 Å². The van der Waals surface area contributed by atoms with E-state index in [1.165, 1.54) is 24.5 Å². The monoisotopic (exact) mass is 446 g/mol. The van der Waals surface area contributed by atoms with E-state index in [1.807, 2.05) is 0 Å². The number of alkyl halides is 3. The van der Waals surface area contributed by atoms with Crippen LogP contribution in [-0.4, -0.2) is 31.9 Å². The van der Waals surface area contributed by atoms with Gasteiger partial charge in [-0.1, -0.05) is 12.1 Å². The maximum absolute atomic E-state index is 12.8. The van der Waals surface area contributed by atoms with Crippen molar-refractivity contribution in [3.63, 3.8) is 0 Å². The lowest BCUT2D eigenvalue weighted by Gasteiger charge is -2.09. The number of carbonyl (C=O) groups excluding carboxylic acids is 1. The van der Waals surface area contributed by atoms with Crippen LogP contribution in [0.5, 0.6) is 0 Å². The molecule has 0 saturated heterocycles. The number of H-pyrrole nitrogens is 1. The number of carbonyl (C=O) groups is 2. The van der Waals surface area contributed by atoms with Crippen LogP contribution in [0.4, 0.5) is 13.2 Å².